The molecule has 1 fully saturated rings. The maximum absolute atomic E-state index is 13.0. The van der Waals surface area contributed by atoms with Crippen molar-refractivity contribution in [1.82, 2.24) is 19.1 Å². The second-order valence-electron chi connectivity index (χ2n) is 7.00. The highest BCUT2D eigenvalue weighted by atomic mass is 79.9. The average molecular weight is 490 g/mol. The van der Waals surface area contributed by atoms with Crippen molar-refractivity contribution in [3.8, 4) is 5.69 Å². The van der Waals surface area contributed by atoms with Crippen molar-refractivity contribution in [1.29, 1.82) is 0 Å². The number of anilines is 1. The Balaban J connectivity index is 1.50. The van der Waals surface area contributed by atoms with Crippen LogP contribution in [0.25, 0.3) is 5.69 Å². The summed E-state index contributed by atoms with van der Waals surface area (Å²) in [6.07, 6.45) is 4.23. The van der Waals surface area contributed by atoms with E-state index in [1.54, 1.807) is 41.3 Å². The van der Waals surface area contributed by atoms with Crippen LogP contribution < -0.4 is 5.32 Å². The first-order chi connectivity index (χ1) is 14.4. The molecule has 156 valence electrons. The molecule has 0 aliphatic carbocycles. The van der Waals surface area contributed by atoms with Crippen LogP contribution in [0.15, 0.2) is 70.6 Å². The third-order valence-electron chi connectivity index (χ3n) is 5.03. The number of nitrogens with one attached hydrogen (secondary N) is 1. The molecule has 0 spiro atoms. The highest BCUT2D eigenvalue weighted by Crippen LogP contribution is 2.26. The van der Waals surface area contributed by atoms with Crippen LogP contribution in [0, 0.1) is 5.92 Å². The first-order valence-corrected chi connectivity index (χ1v) is 11.7. The number of para-hydroxylation sites is 2. The lowest BCUT2D eigenvalue weighted by molar-refractivity contribution is -0.120. The van der Waals surface area contributed by atoms with Crippen molar-refractivity contribution in [2.75, 3.05) is 18.4 Å². The predicted octanol–water partition coefficient (Wildman–Crippen LogP) is 3.07. The number of carbonyl (C=O) groups excluding carboxylic acids is 1. The lowest BCUT2D eigenvalue weighted by Crippen LogP contribution is -2.43. The smallest absolute Gasteiger partial charge is 0.243 e. The minimum Gasteiger partial charge on any atom is -0.324 e. The van der Waals surface area contributed by atoms with Gasteiger partial charge in [-0.05, 0) is 49.2 Å². The summed E-state index contributed by atoms with van der Waals surface area (Å²) in [4.78, 5) is 17.1. The van der Waals surface area contributed by atoms with Crippen LogP contribution in [-0.2, 0) is 14.8 Å². The van der Waals surface area contributed by atoms with E-state index in [0.717, 1.165) is 4.47 Å². The number of hydrogen-bond acceptors (Lipinski definition) is 5. The molecule has 1 aliphatic rings. The van der Waals surface area contributed by atoms with Gasteiger partial charge in [-0.25, -0.2) is 18.1 Å². The topological polar surface area (TPSA) is 97.2 Å². The van der Waals surface area contributed by atoms with Crippen LogP contribution in [0.2, 0.25) is 0 Å². The molecule has 30 heavy (non-hydrogen) atoms. The molecule has 1 aliphatic heterocycles. The van der Waals surface area contributed by atoms with Crippen molar-refractivity contribution < 1.29 is 13.2 Å². The molecule has 1 N–H and O–H groups in total. The Hall–Kier alpha value is -2.56. The normalized spacial score (nSPS) is 17.6. The van der Waals surface area contributed by atoms with Gasteiger partial charge < -0.3 is 5.32 Å². The molecule has 0 saturated carbocycles. The molecule has 8 nitrogen and oxygen atoms in total. The van der Waals surface area contributed by atoms with Gasteiger partial charge in [0, 0.05) is 17.6 Å². The number of nitrogens with zero attached hydrogens (tertiary/aromatic N) is 4. The number of carbonyl (C=O) groups is 1. The predicted molar refractivity (Wildman–Crippen MR) is 116 cm³/mol. The van der Waals surface area contributed by atoms with Crippen LogP contribution in [0.1, 0.15) is 12.8 Å². The lowest BCUT2D eigenvalue weighted by Gasteiger charge is -2.31. The maximum Gasteiger partial charge on any atom is 0.243 e. The number of aromatic nitrogens is 3. The molecule has 1 atom stereocenters. The highest BCUT2D eigenvalue weighted by molar-refractivity contribution is 9.10. The van der Waals surface area contributed by atoms with Gasteiger partial charge in [-0.1, -0.05) is 28.1 Å². The van der Waals surface area contributed by atoms with Crippen LogP contribution in [-0.4, -0.2) is 46.5 Å². The largest absolute Gasteiger partial charge is 0.324 e. The quantitative estimate of drug-likeness (QED) is 0.593. The number of hydrogen-bond donors (Lipinski definition) is 1. The van der Waals surface area contributed by atoms with Crippen molar-refractivity contribution in [3.05, 3.63) is 65.7 Å². The standard InChI is InChI=1S/C20H20BrN5O3S/c21-16-7-9-17(10-8-16)30(28,29)25-11-3-4-15(12-25)20(27)24-18-5-1-2-6-19(18)26-14-22-13-23-26/h1-2,5-10,13-15H,3-4,11-12H2,(H,24,27)/t15-/m0/s1. The summed E-state index contributed by atoms with van der Waals surface area (Å²) in [5.41, 5.74) is 1.29. The van der Waals surface area contributed by atoms with E-state index in [4.69, 9.17) is 0 Å². The molecule has 10 heteroatoms. The molecule has 0 unspecified atom stereocenters. The van der Waals surface area contributed by atoms with Gasteiger partial charge in [0.15, 0.2) is 0 Å². The molecule has 1 aromatic heterocycles. The van der Waals surface area contributed by atoms with E-state index in [1.165, 1.54) is 10.6 Å². The van der Waals surface area contributed by atoms with E-state index < -0.39 is 15.9 Å². The number of sulfonamides is 1. The zero-order valence-electron chi connectivity index (χ0n) is 16.0. The summed E-state index contributed by atoms with van der Waals surface area (Å²) in [7, 11) is -3.65. The monoisotopic (exact) mass is 489 g/mol. The Bertz CT molecular complexity index is 1130. The van der Waals surface area contributed by atoms with Crippen LogP contribution in [0.4, 0.5) is 5.69 Å². The zero-order valence-corrected chi connectivity index (χ0v) is 18.4. The minimum atomic E-state index is -3.65. The Kier molecular flexibility index (Phi) is 5.98. The van der Waals surface area contributed by atoms with Crippen LogP contribution in [0.3, 0.4) is 0 Å². The molecule has 1 amide bonds. The van der Waals surface area contributed by atoms with Gasteiger partial charge in [-0.15, -0.1) is 0 Å². The average Bonchev–Trinajstić information content (AvgIpc) is 3.29. The van der Waals surface area contributed by atoms with E-state index in [9.17, 15) is 13.2 Å². The van der Waals surface area contributed by atoms with Gasteiger partial charge in [-0.3, -0.25) is 4.79 Å². The molecule has 1 saturated heterocycles. The van der Waals surface area contributed by atoms with E-state index in [0.29, 0.717) is 30.8 Å². The van der Waals surface area contributed by atoms with Gasteiger partial charge in [0.25, 0.3) is 0 Å². The molecule has 0 bridgehead atoms. The molecule has 0 radical (unpaired) electrons. The lowest BCUT2D eigenvalue weighted by atomic mass is 9.98. The fraction of sp³-hybridized carbons (Fsp3) is 0.250. The van der Waals surface area contributed by atoms with Crippen molar-refractivity contribution in [2.45, 2.75) is 17.7 Å². The Labute approximate surface area is 183 Å². The van der Waals surface area contributed by atoms with E-state index in [1.807, 2.05) is 18.2 Å². The molecule has 3 aromatic rings. The van der Waals surface area contributed by atoms with Crippen molar-refractivity contribution in [3.63, 3.8) is 0 Å². The van der Waals surface area contributed by atoms with Crippen molar-refractivity contribution in [2.24, 2.45) is 5.92 Å². The van der Waals surface area contributed by atoms with Gasteiger partial charge in [-0.2, -0.15) is 9.40 Å². The van der Waals surface area contributed by atoms with Gasteiger partial charge in [0.05, 0.1) is 22.2 Å². The van der Waals surface area contributed by atoms with E-state index in [-0.39, 0.29) is 17.3 Å². The summed E-state index contributed by atoms with van der Waals surface area (Å²) < 4.78 is 29.8. The Morgan fingerprint density at radius 3 is 2.63 bits per heavy atom. The Morgan fingerprint density at radius 1 is 1.13 bits per heavy atom. The minimum absolute atomic E-state index is 0.149. The van der Waals surface area contributed by atoms with Gasteiger partial charge >= 0.3 is 0 Å². The third-order valence-corrected chi connectivity index (χ3v) is 7.44. The van der Waals surface area contributed by atoms with Gasteiger partial charge in [0.2, 0.25) is 15.9 Å². The fourth-order valence-electron chi connectivity index (χ4n) is 3.48. The third kappa shape index (κ3) is 4.30. The fourth-order valence-corrected chi connectivity index (χ4v) is 5.27. The van der Waals surface area contributed by atoms with Crippen molar-refractivity contribution >= 4 is 37.5 Å². The first kappa shape index (κ1) is 20.7. The highest BCUT2D eigenvalue weighted by Gasteiger charge is 2.33. The summed E-state index contributed by atoms with van der Waals surface area (Å²) >= 11 is 3.32. The second kappa shape index (κ2) is 8.66. The molecular formula is C20H20BrN5O3S. The zero-order chi connectivity index (χ0) is 21.1. The summed E-state index contributed by atoms with van der Waals surface area (Å²) in [5, 5.41) is 7.05. The molecule has 4 rings (SSSR count). The first-order valence-electron chi connectivity index (χ1n) is 9.46. The number of rotatable bonds is 5. The summed E-state index contributed by atoms with van der Waals surface area (Å²) in [6.45, 7) is 0.549. The number of benzene rings is 2. The van der Waals surface area contributed by atoms with E-state index >= 15 is 0 Å². The molecular weight excluding hydrogens is 470 g/mol. The van der Waals surface area contributed by atoms with Crippen LogP contribution in [0.5, 0.6) is 0 Å². The van der Waals surface area contributed by atoms with Crippen LogP contribution >= 0.6 is 15.9 Å². The Morgan fingerprint density at radius 2 is 1.90 bits per heavy atom. The number of halogens is 1. The maximum atomic E-state index is 13.0. The SMILES string of the molecule is O=C(Nc1ccccc1-n1cncn1)[C@H]1CCCN(S(=O)(=O)c2ccc(Br)cc2)C1. The molecule has 2 aromatic carbocycles. The molecule has 2 heterocycles. The second-order valence-corrected chi connectivity index (χ2v) is 9.86. The van der Waals surface area contributed by atoms with E-state index in [2.05, 4.69) is 31.3 Å². The number of piperidine rings is 1. The summed E-state index contributed by atoms with van der Waals surface area (Å²) in [6, 6.07) is 13.8. The van der Waals surface area contributed by atoms with Gasteiger partial charge in [0.1, 0.15) is 12.7 Å². The number of amides is 1. The summed E-state index contributed by atoms with van der Waals surface area (Å²) in [5.74, 6) is -0.647.